The summed E-state index contributed by atoms with van der Waals surface area (Å²) in [7, 11) is 4.64. The average Bonchev–Trinajstić information content (AvgIpc) is 1.35. The van der Waals surface area contributed by atoms with Crippen LogP contribution >= 0.6 is 10.1 Å². The van der Waals surface area contributed by atoms with Crippen LogP contribution in [0.5, 0.6) is 0 Å². The molecule has 0 aromatic carbocycles. The molecule has 0 aliphatic carbocycles. The Labute approximate surface area is 41.7 Å². The van der Waals surface area contributed by atoms with Crippen LogP contribution < -0.4 is 0 Å². The molecule has 0 atom stereocenters. The minimum atomic E-state index is -4.04. The predicted octanol–water partition coefficient (Wildman–Crippen LogP) is 0.750. The van der Waals surface area contributed by atoms with Crippen molar-refractivity contribution in [1.29, 1.82) is 0 Å². The van der Waals surface area contributed by atoms with Gasteiger partial charge in [0.2, 0.25) is 0 Å². The third-order valence-corrected chi connectivity index (χ3v) is 1.69. The van der Waals surface area contributed by atoms with Crippen molar-refractivity contribution in [1.82, 2.24) is 0 Å². The summed E-state index contributed by atoms with van der Waals surface area (Å²) < 4.78 is 19.4. The van der Waals surface area contributed by atoms with Gasteiger partial charge in [0.25, 0.3) is 0 Å². The monoisotopic (exact) mass is 174 g/mol. The number of hydrogen-bond acceptors (Lipinski definition) is 2. The Balaban J connectivity index is 4.25. The van der Waals surface area contributed by atoms with Gasteiger partial charge in [-0.05, 0) is 0 Å². The summed E-state index contributed by atoms with van der Waals surface area (Å²) in [5, 5.41) is 0. The third kappa shape index (κ3) is 4.15. The van der Waals surface area contributed by atoms with Crippen LogP contribution in [0, 0.1) is 0 Å². The summed E-state index contributed by atoms with van der Waals surface area (Å²) in [5.74, 6) is 0. The molecule has 0 spiro atoms. The Kier molecular flexibility index (Phi) is 1.78. The fourth-order valence-electron chi connectivity index (χ4n) is 0. The molecule has 0 heterocycles. The van der Waals surface area contributed by atoms with Crippen molar-refractivity contribution < 1.29 is 7.67 Å². The van der Waals surface area contributed by atoms with Gasteiger partial charge in [-0.15, -0.1) is 0 Å². The van der Waals surface area contributed by atoms with Gasteiger partial charge in [-0.3, -0.25) is 0 Å². The molecule has 0 aliphatic rings. The number of halogens is 1. The van der Waals surface area contributed by atoms with E-state index < -0.39 is 11.8 Å². The first kappa shape index (κ1) is 6.15. The second kappa shape index (κ2) is 1.73. The molecule has 0 N–H and O–H groups in total. The molecule has 0 amide bonds. The van der Waals surface area contributed by atoms with Gasteiger partial charge in [-0.1, -0.05) is 0 Å². The van der Waals surface area contributed by atoms with E-state index in [2.05, 4.69) is 16.7 Å². The Morgan fingerprint density at radius 2 is 1.83 bits per heavy atom. The molecule has 6 heavy (non-hydrogen) atoms. The second-order valence-corrected chi connectivity index (χ2v) is 5.57. The zero-order valence-electron chi connectivity index (χ0n) is 2.89. The van der Waals surface area contributed by atoms with Crippen LogP contribution in [0.25, 0.3) is 0 Å². The Hall–Kier alpha value is 0.149. The van der Waals surface area contributed by atoms with Gasteiger partial charge in [0.15, 0.2) is 0 Å². The molecule has 0 rings (SSSR count). The van der Waals surface area contributed by atoms with E-state index in [0.717, 1.165) is 4.97 Å². The third-order valence-electron chi connectivity index (χ3n) is 0.199. The first-order valence-electron chi connectivity index (χ1n) is 1.13. The predicted molar refractivity (Wildman–Crippen MR) is 23.2 cm³/mol. The standard InChI is InChI=1S/C2H3ClO2Se/c1-2-6(3,4)5/h2H,1H2. The van der Waals surface area contributed by atoms with E-state index in [1.54, 1.807) is 0 Å². The zero-order chi connectivity index (χ0) is 5.21. The number of hydrogen-bond donors (Lipinski definition) is 0. The fourth-order valence-corrected chi connectivity index (χ4v) is 0. The molecule has 4 heteroatoms. The van der Waals surface area contributed by atoms with Gasteiger partial charge in [0, 0.05) is 0 Å². The van der Waals surface area contributed by atoms with E-state index in [1.807, 2.05) is 0 Å². The maximum atomic E-state index is 9.72. The summed E-state index contributed by atoms with van der Waals surface area (Å²) in [5.41, 5.74) is 0. The molecule has 36 valence electrons. The Bertz CT molecular complexity index is 122. The van der Waals surface area contributed by atoms with Gasteiger partial charge < -0.3 is 0 Å². The van der Waals surface area contributed by atoms with Crippen molar-refractivity contribution in [3.05, 3.63) is 11.6 Å². The normalized spacial score (nSPS) is 10.8. The van der Waals surface area contributed by atoms with Gasteiger partial charge in [0.1, 0.15) is 0 Å². The van der Waals surface area contributed by atoms with Crippen molar-refractivity contribution >= 4 is 21.9 Å². The van der Waals surface area contributed by atoms with Crippen LogP contribution in [0.3, 0.4) is 0 Å². The zero-order valence-corrected chi connectivity index (χ0v) is 5.36. The SMILES string of the molecule is C=C[Se](=O)(=O)Cl. The molecule has 0 saturated carbocycles. The summed E-state index contributed by atoms with van der Waals surface area (Å²) in [4.78, 5) is 0.748. The van der Waals surface area contributed by atoms with Crippen LogP contribution in [0.15, 0.2) is 11.6 Å². The van der Waals surface area contributed by atoms with Gasteiger partial charge in [0.05, 0.1) is 0 Å². The van der Waals surface area contributed by atoms with E-state index in [4.69, 9.17) is 0 Å². The van der Waals surface area contributed by atoms with Crippen molar-refractivity contribution in [2.24, 2.45) is 0 Å². The van der Waals surface area contributed by atoms with E-state index in [-0.39, 0.29) is 0 Å². The minimum absolute atomic E-state index is 0.748. The van der Waals surface area contributed by atoms with E-state index in [9.17, 15) is 7.67 Å². The molecule has 2 nitrogen and oxygen atoms in total. The Morgan fingerprint density at radius 1 is 1.67 bits per heavy atom. The summed E-state index contributed by atoms with van der Waals surface area (Å²) in [6.45, 7) is 2.94. The number of rotatable bonds is 1. The second-order valence-electron chi connectivity index (χ2n) is 0.642. The average molecular weight is 173 g/mol. The van der Waals surface area contributed by atoms with Crippen LogP contribution in [0.2, 0.25) is 0 Å². The topological polar surface area (TPSA) is 34.1 Å². The van der Waals surface area contributed by atoms with Crippen molar-refractivity contribution in [2.75, 3.05) is 0 Å². The molecule has 0 aromatic heterocycles. The van der Waals surface area contributed by atoms with E-state index in [0.29, 0.717) is 0 Å². The molecule has 0 aromatic rings. The summed E-state index contributed by atoms with van der Waals surface area (Å²) >= 11 is -4.04. The molecule has 0 bridgehead atoms. The Morgan fingerprint density at radius 3 is 1.83 bits per heavy atom. The van der Waals surface area contributed by atoms with Crippen LogP contribution in [-0.2, 0) is 7.67 Å². The van der Waals surface area contributed by atoms with Crippen LogP contribution in [0.1, 0.15) is 0 Å². The van der Waals surface area contributed by atoms with Crippen molar-refractivity contribution in [2.45, 2.75) is 0 Å². The molecule has 0 fully saturated rings. The maximum absolute atomic E-state index is 9.72. The molecular weight excluding hydrogens is 170 g/mol. The van der Waals surface area contributed by atoms with E-state index >= 15 is 0 Å². The molecular formula is C2H3ClO2Se. The summed E-state index contributed by atoms with van der Waals surface area (Å²) in [6.07, 6.45) is 0. The van der Waals surface area contributed by atoms with E-state index in [1.165, 1.54) is 0 Å². The van der Waals surface area contributed by atoms with Gasteiger partial charge in [-0.2, -0.15) is 0 Å². The molecule has 0 unspecified atom stereocenters. The quantitative estimate of drug-likeness (QED) is 0.549. The van der Waals surface area contributed by atoms with Gasteiger partial charge in [-0.25, -0.2) is 0 Å². The molecule has 0 aliphatic heterocycles. The van der Waals surface area contributed by atoms with Crippen molar-refractivity contribution in [3.8, 4) is 0 Å². The van der Waals surface area contributed by atoms with Crippen LogP contribution in [-0.4, -0.2) is 11.8 Å². The first-order valence-corrected chi connectivity index (χ1v) is 5.77. The molecule has 0 radical (unpaired) electrons. The molecule has 0 saturated heterocycles. The van der Waals surface area contributed by atoms with Gasteiger partial charge >= 0.3 is 41.1 Å². The van der Waals surface area contributed by atoms with Crippen LogP contribution in [0.4, 0.5) is 0 Å². The fraction of sp³-hybridized carbons (Fsp3) is 0. The van der Waals surface area contributed by atoms with Crippen molar-refractivity contribution in [3.63, 3.8) is 0 Å². The summed E-state index contributed by atoms with van der Waals surface area (Å²) in [6, 6.07) is 0. The first-order chi connectivity index (χ1) is 2.56.